The largest absolute Gasteiger partial charge is 0.452 e. The number of nitrogens with zero attached hydrogens (tertiary/aromatic N) is 1. The highest BCUT2D eigenvalue weighted by atomic mass is 16.6. The molecule has 0 saturated carbocycles. The second kappa shape index (κ2) is 8.66. The van der Waals surface area contributed by atoms with Crippen molar-refractivity contribution in [2.45, 2.75) is 0 Å². The number of nitrogens with one attached hydrogen (secondary N) is 1. The first-order chi connectivity index (χ1) is 14.0. The molecule has 0 spiro atoms. The fraction of sp³-hybridized carbons (Fsp3) is 0.0476. The number of hydrogen-bond donors (Lipinski definition) is 2. The van der Waals surface area contributed by atoms with Crippen LogP contribution in [-0.4, -0.2) is 23.4 Å². The average molecular weight is 391 g/mol. The molecule has 0 fully saturated rings. The molecule has 0 aliphatic carbocycles. The summed E-state index contributed by atoms with van der Waals surface area (Å²) >= 11 is 0. The molecule has 0 aliphatic rings. The van der Waals surface area contributed by atoms with Crippen LogP contribution in [0.15, 0.2) is 72.8 Å². The third-order valence-electron chi connectivity index (χ3n) is 4.08. The zero-order valence-electron chi connectivity index (χ0n) is 15.2. The number of amides is 1. The van der Waals surface area contributed by atoms with Crippen LogP contribution in [0.3, 0.4) is 0 Å². The number of nitrogens with two attached hydrogens (primary N) is 1. The number of nitrogen functional groups attached to an aromatic ring is 1. The number of carbonyl (C=O) groups is 2. The number of hydrogen-bond acceptors (Lipinski definition) is 6. The molecule has 8 nitrogen and oxygen atoms in total. The van der Waals surface area contributed by atoms with Crippen molar-refractivity contribution in [3.63, 3.8) is 0 Å². The normalized spacial score (nSPS) is 10.2. The molecule has 3 N–H and O–H groups in total. The minimum absolute atomic E-state index is 0.0663. The number of para-hydroxylation sites is 1. The van der Waals surface area contributed by atoms with E-state index in [1.807, 2.05) is 42.5 Å². The Morgan fingerprint density at radius 2 is 1.69 bits per heavy atom. The molecule has 3 aromatic rings. The Kier molecular flexibility index (Phi) is 5.84. The minimum atomic E-state index is -0.861. The fourth-order valence-corrected chi connectivity index (χ4v) is 2.69. The maximum absolute atomic E-state index is 12.2. The fourth-order valence-electron chi connectivity index (χ4n) is 2.69. The molecule has 0 bridgehead atoms. The molecule has 0 unspecified atom stereocenters. The van der Waals surface area contributed by atoms with Crippen molar-refractivity contribution in [3.8, 4) is 11.1 Å². The Morgan fingerprint density at radius 1 is 1.00 bits per heavy atom. The lowest BCUT2D eigenvalue weighted by Gasteiger charge is -2.11. The second-order valence-electron chi connectivity index (χ2n) is 6.07. The monoisotopic (exact) mass is 391 g/mol. The van der Waals surface area contributed by atoms with Crippen LogP contribution in [0.5, 0.6) is 0 Å². The van der Waals surface area contributed by atoms with E-state index in [0.29, 0.717) is 5.69 Å². The van der Waals surface area contributed by atoms with Crippen LogP contribution in [0.4, 0.5) is 17.1 Å². The van der Waals surface area contributed by atoms with Crippen LogP contribution in [0.1, 0.15) is 10.4 Å². The van der Waals surface area contributed by atoms with E-state index in [0.717, 1.165) is 17.2 Å². The highest BCUT2D eigenvalue weighted by Gasteiger charge is 2.18. The molecule has 1 amide bonds. The smallest absolute Gasteiger partial charge is 0.338 e. The van der Waals surface area contributed by atoms with E-state index in [-0.39, 0.29) is 11.3 Å². The first kappa shape index (κ1) is 19.6. The van der Waals surface area contributed by atoms with Crippen molar-refractivity contribution in [2.75, 3.05) is 17.7 Å². The summed E-state index contributed by atoms with van der Waals surface area (Å²) in [5.74, 6) is -1.40. The van der Waals surface area contributed by atoms with Gasteiger partial charge < -0.3 is 15.8 Å². The predicted octanol–water partition coefficient (Wildman–Crippen LogP) is 3.64. The molecule has 0 heterocycles. The van der Waals surface area contributed by atoms with Crippen molar-refractivity contribution in [1.29, 1.82) is 0 Å². The summed E-state index contributed by atoms with van der Waals surface area (Å²) in [4.78, 5) is 34.6. The van der Waals surface area contributed by atoms with Gasteiger partial charge in [-0.05, 0) is 23.8 Å². The summed E-state index contributed by atoms with van der Waals surface area (Å²) in [6, 6.07) is 20.3. The van der Waals surface area contributed by atoms with E-state index in [1.165, 1.54) is 12.1 Å². The zero-order chi connectivity index (χ0) is 20.8. The number of anilines is 2. The molecular formula is C21H17N3O5. The van der Waals surface area contributed by atoms with Crippen LogP contribution >= 0.6 is 0 Å². The Hall–Kier alpha value is -4.20. The van der Waals surface area contributed by atoms with E-state index >= 15 is 0 Å². The number of nitro benzene ring substituents is 1. The number of carbonyl (C=O) groups excluding carboxylic acids is 2. The Bertz CT molecular complexity index is 1070. The van der Waals surface area contributed by atoms with E-state index in [9.17, 15) is 19.7 Å². The third-order valence-corrected chi connectivity index (χ3v) is 4.08. The standard InChI is InChI=1S/C21H17N3O5/c22-17-11-10-15(12-19(17)24(27)28)21(26)29-13-20(25)23-18-9-5-4-8-16(18)14-6-2-1-3-7-14/h1-12H,13,22H2,(H,23,25). The van der Waals surface area contributed by atoms with Crippen molar-refractivity contribution < 1.29 is 19.2 Å². The van der Waals surface area contributed by atoms with Crippen LogP contribution in [-0.2, 0) is 9.53 Å². The highest BCUT2D eigenvalue weighted by molar-refractivity contribution is 5.98. The van der Waals surface area contributed by atoms with E-state index in [4.69, 9.17) is 10.5 Å². The lowest BCUT2D eigenvalue weighted by atomic mass is 10.0. The zero-order valence-corrected chi connectivity index (χ0v) is 15.2. The summed E-state index contributed by atoms with van der Waals surface area (Å²) in [6.45, 7) is -0.542. The number of esters is 1. The summed E-state index contributed by atoms with van der Waals surface area (Å²) in [5, 5.41) is 13.6. The predicted molar refractivity (Wildman–Crippen MR) is 108 cm³/mol. The van der Waals surface area contributed by atoms with E-state index < -0.39 is 29.1 Å². The highest BCUT2D eigenvalue weighted by Crippen LogP contribution is 2.27. The number of benzene rings is 3. The summed E-state index contributed by atoms with van der Waals surface area (Å²) in [5.41, 5.74) is 7.29. The summed E-state index contributed by atoms with van der Waals surface area (Å²) in [6.07, 6.45) is 0. The Morgan fingerprint density at radius 3 is 2.41 bits per heavy atom. The topological polar surface area (TPSA) is 125 Å². The number of rotatable bonds is 6. The van der Waals surface area contributed by atoms with Gasteiger partial charge in [-0.25, -0.2) is 4.79 Å². The lowest BCUT2D eigenvalue weighted by Crippen LogP contribution is -2.21. The first-order valence-electron chi connectivity index (χ1n) is 8.61. The molecule has 3 aromatic carbocycles. The van der Waals surface area contributed by atoms with Crippen LogP contribution in [0.25, 0.3) is 11.1 Å². The van der Waals surface area contributed by atoms with Gasteiger partial charge >= 0.3 is 5.97 Å². The van der Waals surface area contributed by atoms with Crippen molar-refractivity contribution in [1.82, 2.24) is 0 Å². The van der Waals surface area contributed by atoms with Crippen molar-refractivity contribution in [3.05, 3.63) is 88.5 Å². The van der Waals surface area contributed by atoms with Crippen molar-refractivity contribution >= 4 is 28.9 Å². The third kappa shape index (κ3) is 4.75. The van der Waals surface area contributed by atoms with Gasteiger partial charge in [-0.15, -0.1) is 0 Å². The van der Waals surface area contributed by atoms with Gasteiger partial charge in [0.05, 0.1) is 10.5 Å². The molecule has 0 aliphatic heterocycles. The van der Waals surface area contributed by atoms with Crippen molar-refractivity contribution in [2.24, 2.45) is 0 Å². The van der Waals surface area contributed by atoms with Gasteiger partial charge in [0.1, 0.15) is 5.69 Å². The van der Waals surface area contributed by atoms with Gasteiger partial charge in [0.25, 0.3) is 11.6 Å². The van der Waals surface area contributed by atoms with Gasteiger partial charge in [0.15, 0.2) is 6.61 Å². The molecule has 8 heteroatoms. The number of ether oxygens (including phenoxy) is 1. The van der Waals surface area contributed by atoms with Gasteiger partial charge in [-0.3, -0.25) is 14.9 Å². The average Bonchev–Trinajstić information content (AvgIpc) is 2.73. The molecule has 0 atom stereocenters. The minimum Gasteiger partial charge on any atom is -0.452 e. The molecule has 0 aromatic heterocycles. The molecular weight excluding hydrogens is 374 g/mol. The summed E-state index contributed by atoms with van der Waals surface area (Å²) < 4.78 is 4.97. The van der Waals surface area contributed by atoms with Gasteiger partial charge in [-0.2, -0.15) is 0 Å². The van der Waals surface area contributed by atoms with Gasteiger partial charge in [-0.1, -0.05) is 48.5 Å². The molecule has 0 saturated heterocycles. The van der Waals surface area contributed by atoms with E-state index in [1.54, 1.807) is 12.1 Å². The van der Waals surface area contributed by atoms with Crippen LogP contribution < -0.4 is 11.1 Å². The van der Waals surface area contributed by atoms with Crippen LogP contribution in [0.2, 0.25) is 0 Å². The van der Waals surface area contributed by atoms with Crippen LogP contribution in [0, 0.1) is 10.1 Å². The maximum atomic E-state index is 12.2. The number of nitro groups is 1. The summed E-state index contributed by atoms with van der Waals surface area (Å²) in [7, 11) is 0. The Labute approximate surface area is 166 Å². The molecule has 146 valence electrons. The Balaban J connectivity index is 1.66. The quantitative estimate of drug-likeness (QED) is 0.286. The van der Waals surface area contributed by atoms with Gasteiger partial charge in [0, 0.05) is 17.3 Å². The first-order valence-corrected chi connectivity index (χ1v) is 8.61. The SMILES string of the molecule is Nc1ccc(C(=O)OCC(=O)Nc2ccccc2-c2ccccc2)cc1[N+](=O)[O-]. The molecule has 29 heavy (non-hydrogen) atoms. The van der Waals surface area contributed by atoms with Gasteiger partial charge in [0.2, 0.25) is 0 Å². The molecule has 3 rings (SSSR count). The maximum Gasteiger partial charge on any atom is 0.338 e. The molecule has 0 radical (unpaired) electrons. The van der Waals surface area contributed by atoms with E-state index in [2.05, 4.69) is 5.32 Å². The lowest BCUT2D eigenvalue weighted by molar-refractivity contribution is -0.383. The second-order valence-corrected chi connectivity index (χ2v) is 6.07.